The van der Waals surface area contributed by atoms with Crippen molar-refractivity contribution in [3.63, 3.8) is 0 Å². The van der Waals surface area contributed by atoms with E-state index in [1.165, 1.54) is 16.9 Å². The first-order valence-corrected chi connectivity index (χ1v) is 7.61. The summed E-state index contributed by atoms with van der Waals surface area (Å²) in [6, 6.07) is 5.10. The first kappa shape index (κ1) is 13.8. The van der Waals surface area contributed by atoms with Crippen molar-refractivity contribution in [2.24, 2.45) is 0 Å². The van der Waals surface area contributed by atoms with Gasteiger partial charge in [-0.1, -0.05) is 17.4 Å². The number of aryl methyl sites for hydroxylation is 2. The maximum absolute atomic E-state index is 12.4. The summed E-state index contributed by atoms with van der Waals surface area (Å²) in [7, 11) is 0. The Morgan fingerprint density at radius 1 is 1.17 bits per heavy atom. The Morgan fingerprint density at radius 2 is 2.00 bits per heavy atom. The van der Waals surface area contributed by atoms with Gasteiger partial charge in [0, 0.05) is 17.0 Å². The molecule has 1 aromatic carbocycles. The fourth-order valence-corrected chi connectivity index (χ4v) is 3.29. The van der Waals surface area contributed by atoms with Crippen LogP contribution in [0.3, 0.4) is 0 Å². The number of nitrogens with zero attached hydrogens (tertiary/aromatic N) is 4. The molecule has 8 heteroatoms. The van der Waals surface area contributed by atoms with E-state index >= 15 is 0 Å². The third kappa shape index (κ3) is 2.15. The monoisotopic (exact) mass is 326 g/mol. The summed E-state index contributed by atoms with van der Waals surface area (Å²) in [5.41, 5.74) is 2.43. The van der Waals surface area contributed by atoms with Gasteiger partial charge >= 0.3 is 5.63 Å². The quantitative estimate of drug-likeness (QED) is 0.497. The van der Waals surface area contributed by atoms with Crippen molar-refractivity contribution in [3.8, 4) is 11.3 Å². The molecule has 0 saturated heterocycles. The van der Waals surface area contributed by atoms with E-state index in [9.17, 15) is 9.59 Å². The van der Waals surface area contributed by atoms with Crippen molar-refractivity contribution in [1.29, 1.82) is 0 Å². The van der Waals surface area contributed by atoms with Crippen molar-refractivity contribution in [2.45, 2.75) is 13.8 Å². The minimum atomic E-state index is -0.519. The Morgan fingerprint density at radius 3 is 2.83 bits per heavy atom. The van der Waals surface area contributed by atoms with Crippen LogP contribution >= 0.6 is 11.3 Å². The van der Waals surface area contributed by atoms with Crippen LogP contribution in [0.1, 0.15) is 11.1 Å². The maximum Gasteiger partial charge on any atom is 0.336 e. The first-order chi connectivity index (χ1) is 11.0. The summed E-state index contributed by atoms with van der Waals surface area (Å²) in [5, 5.41) is 12.5. The molecule has 4 aromatic rings. The van der Waals surface area contributed by atoms with Crippen LogP contribution in [0.4, 0.5) is 0 Å². The highest BCUT2D eigenvalue weighted by Gasteiger charge is 2.16. The molecule has 0 aliphatic heterocycles. The van der Waals surface area contributed by atoms with Crippen LogP contribution in [0.2, 0.25) is 0 Å². The zero-order valence-electron chi connectivity index (χ0n) is 12.2. The van der Waals surface area contributed by atoms with Gasteiger partial charge in [0.25, 0.3) is 4.74 Å². The molecule has 0 aliphatic rings. The molecule has 0 spiro atoms. The van der Waals surface area contributed by atoms with E-state index in [0.29, 0.717) is 21.5 Å². The van der Waals surface area contributed by atoms with Crippen LogP contribution in [-0.2, 0) is 0 Å². The molecular formula is C15H10N4O3S. The summed E-state index contributed by atoms with van der Waals surface area (Å²) in [5.74, 6) is 0. The molecule has 0 radical (unpaired) electrons. The van der Waals surface area contributed by atoms with Gasteiger partial charge in [0.15, 0.2) is 5.69 Å². The number of hydrogen-bond acceptors (Lipinski definition) is 7. The van der Waals surface area contributed by atoms with Crippen LogP contribution in [0.15, 0.2) is 38.5 Å². The van der Waals surface area contributed by atoms with E-state index < -0.39 is 5.63 Å². The second kappa shape index (κ2) is 4.82. The molecule has 0 fully saturated rings. The zero-order valence-corrected chi connectivity index (χ0v) is 13.0. The van der Waals surface area contributed by atoms with Crippen molar-refractivity contribution in [3.05, 3.63) is 55.6 Å². The van der Waals surface area contributed by atoms with Crippen molar-refractivity contribution >= 4 is 27.3 Å². The third-order valence-electron chi connectivity index (χ3n) is 3.51. The molecule has 3 aromatic heterocycles. The second-order valence-corrected chi connectivity index (χ2v) is 6.17. The minimum Gasteiger partial charge on any atom is -0.422 e. The average molecular weight is 326 g/mol. The molecule has 7 nitrogen and oxygen atoms in total. The van der Waals surface area contributed by atoms with Crippen molar-refractivity contribution < 1.29 is 4.42 Å². The molecule has 23 heavy (non-hydrogen) atoms. The van der Waals surface area contributed by atoms with Gasteiger partial charge < -0.3 is 4.42 Å². The summed E-state index contributed by atoms with van der Waals surface area (Å²) < 4.78 is 6.45. The molecule has 0 aliphatic carbocycles. The smallest absolute Gasteiger partial charge is 0.336 e. The normalized spacial score (nSPS) is 11.4. The Hall–Kier alpha value is -2.87. The third-order valence-corrected chi connectivity index (χ3v) is 4.34. The Balaban J connectivity index is 2.17. The lowest BCUT2D eigenvalue weighted by Gasteiger charge is -2.07. The van der Waals surface area contributed by atoms with Crippen LogP contribution in [-0.4, -0.2) is 19.8 Å². The molecule has 0 saturated carbocycles. The summed E-state index contributed by atoms with van der Waals surface area (Å²) in [6.07, 6.45) is 1.42. The summed E-state index contributed by atoms with van der Waals surface area (Å²) in [6.45, 7) is 3.80. The highest BCUT2D eigenvalue weighted by Crippen LogP contribution is 2.27. The van der Waals surface area contributed by atoms with Crippen molar-refractivity contribution in [1.82, 2.24) is 19.8 Å². The zero-order chi connectivity index (χ0) is 16.1. The largest absolute Gasteiger partial charge is 0.422 e. The second-order valence-electron chi connectivity index (χ2n) is 5.23. The number of fused-ring (bicyclic) bond motifs is 2. The Bertz CT molecular complexity index is 1190. The minimum absolute atomic E-state index is 0.185. The predicted molar refractivity (Wildman–Crippen MR) is 85.9 cm³/mol. The van der Waals surface area contributed by atoms with Gasteiger partial charge in [-0.25, -0.2) is 4.79 Å². The molecule has 114 valence electrons. The molecular weight excluding hydrogens is 316 g/mol. The van der Waals surface area contributed by atoms with Crippen LogP contribution < -0.4 is 10.4 Å². The number of aromatic nitrogens is 4. The molecule has 3 heterocycles. The lowest BCUT2D eigenvalue weighted by atomic mass is 10.0. The molecule has 0 atom stereocenters. The average Bonchev–Trinajstić information content (AvgIpc) is 2.94. The van der Waals surface area contributed by atoms with Gasteiger partial charge in [0.1, 0.15) is 11.9 Å². The van der Waals surface area contributed by atoms with Gasteiger partial charge in [-0.15, -0.1) is 10.2 Å². The molecule has 0 unspecified atom stereocenters. The summed E-state index contributed by atoms with van der Waals surface area (Å²) >= 11 is 0.931. The summed E-state index contributed by atoms with van der Waals surface area (Å²) in [4.78, 5) is 24.7. The van der Waals surface area contributed by atoms with Gasteiger partial charge in [-0.3, -0.25) is 4.79 Å². The van der Waals surface area contributed by atoms with E-state index in [-0.39, 0.29) is 10.4 Å². The lowest BCUT2D eigenvalue weighted by Crippen LogP contribution is -2.09. The van der Waals surface area contributed by atoms with E-state index in [1.54, 1.807) is 0 Å². The van der Waals surface area contributed by atoms with E-state index in [4.69, 9.17) is 4.42 Å². The van der Waals surface area contributed by atoms with Gasteiger partial charge in [0.2, 0.25) is 4.96 Å². The molecule has 0 bridgehead atoms. The fraction of sp³-hybridized carbons (Fsp3) is 0.133. The molecule has 0 amide bonds. The first-order valence-electron chi connectivity index (χ1n) is 6.79. The molecule has 4 rings (SSSR count). The standard InChI is InChI=1S/C15H10N4O3S/c1-7-3-8(2)13-10(4-7)9(5-11(20)22-13)12-14(21)23-15-17-16-6-19(15)18-12/h3-6H,1-2H3. The predicted octanol–water partition coefficient (Wildman–Crippen LogP) is 1.94. The number of rotatable bonds is 1. The van der Waals surface area contributed by atoms with Crippen molar-refractivity contribution in [2.75, 3.05) is 0 Å². The topological polar surface area (TPSA) is 90.4 Å². The lowest BCUT2D eigenvalue weighted by molar-refractivity contribution is 0.559. The highest BCUT2D eigenvalue weighted by molar-refractivity contribution is 7.14. The number of benzene rings is 1. The fourth-order valence-electron chi connectivity index (χ4n) is 2.61. The van der Waals surface area contributed by atoms with Crippen LogP contribution in [0, 0.1) is 13.8 Å². The van der Waals surface area contributed by atoms with Gasteiger partial charge in [-0.2, -0.15) is 9.61 Å². The Labute approximate surface area is 132 Å². The van der Waals surface area contributed by atoms with E-state index in [1.807, 2.05) is 26.0 Å². The van der Waals surface area contributed by atoms with E-state index in [0.717, 1.165) is 22.5 Å². The highest BCUT2D eigenvalue weighted by atomic mass is 32.1. The molecule has 0 N–H and O–H groups in total. The Kier molecular flexibility index (Phi) is 2.88. The van der Waals surface area contributed by atoms with Crippen LogP contribution in [0.5, 0.6) is 0 Å². The van der Waals surface area contributed by atoms with Gasteiger partial charge in [0.05, 0.1) is 0 Å². The SMILES string of the molecule is Cc1cc(C)c2oc(=O)cc(-c3nn4cnnc4sc3=O)c2c1. The van der Waals surface area contributed by atoms with Crippen LogP contribution in [0.25, 0.3) is 27.2 Å². The number of hydrogen-bond donors (Lipinski definition) is 0. The van der Waals surface area contributed by atoms with Gasteiger partial charge in [-0.05, 0) is 31.0 Å². The maximum atomic E-state index is 12.4. The van der Waals surface area contributed by atoms with E-state index in [2.05, 4.69) is 15.3 Å².